The average molecular weight is 371 g/mol. The van der Waals surface area contributed by atoms with Gasteiger partial charge in [-0.3, -0.25) is 0 Å². The molecule has 0 radical (unpaired) electrons. The molecule has 1 saturated heterocycles. The zero-order valence-electron chi connectivity index (χ0n) is 14.2. The quantitative estimate of drug-likeness (QED) is 0.864. The minimum absolute atomic E-state index is 0.0620. The smallest absolute Gasteiger partial charge is 0.214 e. The highest BCUT2D eigenvalue weighted by molar-refractivity contribution is 7.89. The molecular weight excluding hydrogens is 348 g/mol. The van der Waals surface area contributed by atoms with Crippen molar-refractivity contribution in [1.29, 1.82) is 0 Å². The van der Waals surface area contributed by atoms with Gasteiger partial charge in [-0.2, -0.15) is 0 Å². The van der Waals surface area contributed by atoms with Gasteiger partial charge in [0.15, 0.2) is 0 Å². The second-order valence-corrected chi connectivity index (χ2v) is 9.88. The highest BCUT2D eigenvalue weighted by Crippen LogP contribution is 2.36. The molecule has 1 fully saturated rings. The number of hydrogen-bond acceptors (Lipinski definition) is 7. The van der Waals surface area contributed by atoms with Crippen LogP contribution in [0.3, 0.4) is 0 Å². The van der Waals surface area contributed by atoms with Crippen LogP contribution in [0.25, 0.3) is 10.2 Å². The first-order valence-corrected chi connectivity index (χ1v) is 10.2. The number of aryl methyl sites for hydroxylation is 2. The number of anilines is 1. The topological polar surface area (TPSA) is 86.6 Å². The Morgan fingerprint density at radius 3 is 2.71 bits per heavy atom. The normalized spacial score (nSPS) is 22.0. The Balaban J connectivity index is 1.90. The van der Waals surface area contributed by atoms with Crippen molar-refractivity contribution in [1.82, 2.24) is 14.3 Å². The van der Waals surface area contributed by atoms with E-state index in [2.05, 4.69) is 16.9 Å². The lowest BCUT2D eigenvalue weighted by Gasteiger charge is -2.19. The van der Waals surface area contributed by atoms with E-state index in [0.717, 1.165) is 21.6 Å². The molecule has 0 spiro atoms. The molecule has 2 aromatic heterocycles. The van der Waals surface area contributed by atoms with Crippen LogP contribution < -0.4 is 4.90 Å². The lowest BCUT2D eigenvalue weighted by molar-refractivity contribution is 0.157. The second kappa shape index (κ2) is 6.21. The van der Waals surface area contributed by atoms with E-state index in [0.29, 0.717) is 13.1 Å². The van der Waals surface area contributed by atoms with Crippen LogP contribution in [0.5, 0.6) is 0 Å². The van der Waals surface area contributed by atoms with Crippen molar-refractivity contribution in [2.75, 3.05) is 37.8 Å². The van der Waals surface area contributed by atoms with Crippen LogP contribution in [-0.4, -0.2) is 66.8 Å². The maximum Gasteiger partial charge on any atom is 0.214 e. The summed E-state index contributed by atoms with van der Waals surface area (Å²) in [6.45, 7) is 4.95. The number of fused-ring (bicyclic) bond motifs is 1. The molecule has 1 aliphatic heterocycles. The van der Waals surface area contributed by atoms with Crippen molar-refractivity contribution in [3.05, 3.63) is 16.8 Å². The number of aromatic nitrogens is 2. The number of aliphatic hydroxyl groups excluding tert-OH is 1. The van der Waals surface area contributed by atoms with Gasteiger partial charge in [0.25, 0.3) is 0 Å². The first kappa shape index (κ1) is 17.5. The summed E-state index contributed by atoms with van der Waals surface area (Å²) < 4.78 is 25.4. The van der Waals surface area contributed by atoms with Gasteiger partial charge in [0.2, 0.25) is 10.0 Å². The third kappa shape index (κ3) is 3.01. The Kier molecular flexibility index (Phi) is 4.54. The van der Waals surface area contributed by atoms with E-state index in [1.807, 2.05) is 11.8 Å². The molecule has 0 amide bonds. The van der Waals surface area contributed by atoms with Crippen LogP contribution in [0.2, 0.25) is 0 Å². The van der Waals surface area contributed by atoms with Crippen LogP contribution in [0.1, 0.15) is 10.4 Å². The molecular formula is C15H22N4O3S2. The van der Waals surface area contributed by atoms with E-state index in [1.165, 1.54) is 29.6 Å². The van der Waals surface area contributed by atoms with Crippen molar-refractivity contribution >= 4 is 37.4 Å². The van der Waals surface area contributed by atoms with Gasteiger partial charge in [0.05, 0.1) is 17.2 Å². The molecule has 9 heteroatoms. The van der Waals surface area contributed by atoms with Crippen LogP contribution in [-0.2, 0) is 10.0 Å². The van der Waals surface area contributed by atoms with Gasteiger partial charge in [0, 0.05) is 38.0 Å². The van der Waals surface area contributed by atoms with E-state index in [-0.39, 0.29) is 11.7 Å². The van der Waals surface area contributed by atoms with Gasteiger partial charge in [-0.1, -0.05) is 0 Å². The van der Waals surface area contributed by atoms with Gasteiger partial charge >= 0.3 is 0 Å². The van der Waals surface area contributed by atoms with Gasteiger partial charge in [-0.15, -0.1) is 11.3 Å². The minimum atomic E-state index is -3.35. The maximum absolute atomic E-state index is 12.1. The number of nitrogens with zero attached hydrogens (tertiary/aromatic N) is 4. The van der Waals surface area contributed by atoms with E-state index in [9.17, 15) is 13.5 Å². The van der Waals surface area contributed by atoms with E-state index in [1.54, 1.807) is 11.3 Å². The molecule has 3 rings (SSSR count). The molecule has 1 N–H and O–H groups in total. The summed E-state index contributed by atoms with van der Waals surface area (Å²) >= 11 is 1.62. The summed E-state index contributed by atoms with van der Waals surface area (Å²) in [5.74, 6) is 0.390. The molecule has 0 bridgehead atoms. The number of hydrogen-bond donors (Lipinski definition) is 1. The predicted octanol–water partition coefficient (Wildman–Crippen LogP) is 0.997. The SMILES string of the molecule is Cc1sc2ncnc(N3C[C@@H](CS(=O)(=O)N(C)C)[C@H](O)C3)c2c1C. The van der Waals surface area contributed by atoms with Crippen molar-refractivity contribution in [2.24, 2.45) is 5.92 Å². The summed E-state index contributed by atoms with van der Waals surface area (Å²) in [5, 5.41) is 11.4. The summed E-state index contributed by atoms with van der Waals surface area (Å²) in [7, 11) is -0.323. The molecule has 0 unspecified atom stereocenters. The Labute approximate surface area is 146 Å². The molecule has 2 aromatic rings. The zero-order valence-corrected chi connectivity index (χ0v) is 15.9. The Bertz CT molecular complexity index is 863. The molecule has 1 aliphatic rings. The van der Waals surface area contributed by atoms with E-state index in [4.69, 9.17) is 0 Å². The summed E-state index contributed by atoms with van der Waals surface area (Å²) in [5.41, 5.74) is 1.14. The molecule has 7 nitrogen and oxygen atoms in total. The van der Waals surface area contributed by atoms with Crippen LogP contribution in [0, 0.1) is 19.8 Å². The number of thiophene rings is 1. The predicted molar refractivity (Wildman–Crippen MR) is 96.1 cm³/mol. The molecule has 132 valence electrons. The fourth-order valence-electron chi connectivity index (χ4n) is 3.01. The number of rotatable bonds is 4. The summed E-state index contributed by atoms with van der Waals surface area (Å²) in [6, 6.07) is 0. The van der Waals surface area contributed by atoms with Gasteiger partial charge in [-0.25, -0.2) is 22.7 Å². The molecule has 0 aliphatic carbocycles. The molecule has 2 atom stereocenters. The first-order chi connectivity index (χ1) is 11.2. The summed E-state index contributed by atoms with van der Waals surface area (Å²) in [4.78, 5) is 12.8. The second-order valence-electron chi connectivity index (χ2n) is 6.45. The van der Waals surface area contributed by atoms with Crippen LogP contribution in [0.4, 0.5) is 5.82 Å². The Morgan fingerprint density at radius 2 is 2.04 bits per heavy atom. The highest BCUT2D eigenvalue weighted by Gasteiger charge is 2.36. The van der Waals surface area contributed by atoms with Crippen LogP contribution >= 0.6 is 11.3 Å². The fourth-order valence-corrected chi connectivity index (χ4v) is 5.17. The Hall–Kier alpha value is -1.29. The van der Waals surface area contributed by atoms with Crippen LogP contribution in [0.15, 0.2) is 6.33 Å². The summed E-state index contributed by atoms with van der Waals surface area (Å²) in [6.07, 6.45) is 0.841. The highest BCUT2D eigenvalue weighted by atomic mass is 32.2. The molecule has 0 saturated carbocycles. The zero-order chi connectivity index (χ0) is 17.6. The standard InChI is InChI=1S/C15H22N4O3S2/c1-9-10(2)23-15-13(9)14(16-8-17-15)19-5-11(12(20)6-19)7-24(21,22)18(3)4/h8,11-12,20H,5-7H2,1-4H3/t11-,12+/m0/s1. The molecule has 24 heavy (non-hydrogen) atoms. The maximum atomic E-state index is 12.1. The third-order valence-corrected chi connectivity index (χ3v) is 7.71. The van der Waals surface area contributed by atoms with Gasteiger partial charge < -0.3 is 10.0 Å². The average Bonchev–Trinajstić information content (AvgIpc) is 3.00. The van der Waals surface area contributed by atoms with Crippen molar-refractivity contribution in [3.8, 4) is 0 Å². The minimum Gasteiger partial charge on any atom is -0.391 e. The number of sulfonamides is 1. The molecule has 3 heterocycles. The number of β-amino-alcohol motifs (C(OH)–C–C–N with tert-alkyl or cyclic N) is 1. The number of aliphatic hydroxyl groups is 1. The third-order valence-electron chi connectivity index (χ3n) is 4.63. The largest absolute Gasteiger partial charge is 0.391 e. The van der Waals surface area contributed by atoms with Crippen molar-refractivity contribution in [2.45, 2.75) is 20.0 Å². The van der Waals surface area contributed by atoms with Gasteiger partial charge in [0.1, 0.15) is 17.0 Å². The van der Waals surface area contributed by atoms with E-state index >= 15 is 0 Å². The van der Waals surface area contributed by atoms with Crippen molar-refractivity contribution in [3.63, 3.8) is 0 Å². The molecule has 0 aromatic carbocycles. The first-order valence-electron chi connectivity index (χ1n) is 7.74. The van der Waals surface area contributed by atoms with Gasteiger partial charge in [-0.05, 0) is 19.4 Å². The lowest BCUT2D eigenvalue weighted by atomic mass is 10.1. The lowest BCUT2D eigenvalue weighted by Crippen LogP contribution is -2.33. The van der Waals surface area contributed by atoms with Crippen molar-refractivity contribution < 1.29 is 13.5 Å². The Morgan fingerprint density at radius 1 is 1.33 bits per heavy atom. The monoisotopic (exact) mass is 370 g/mol. The fraction of sp³-hybridized carbons (Fsp3) is 0.600. The van der Waals surface area contributed by atoms with E-state index < -0.39 is 16.1 Å².